The number of nitrogens with two attached hydrogens (primary N) is 1. The first-order valence-electron chi connectivity index (χ1n) is 6.05. The zero-order valence-corrected chi connectivity index (χ0v) is 11.7. The van der Waals surface area contributed by atoms with Gasteiger partial charge in [0, 0.05) is 12.0 Å². The number of rotatable bonds is 3. The number of amides is 1. The number of hydrogen-bond acceptors (Lipinski definition) is 2. The van der Waals surface area contributed by atoms with Gasteiger partial charge in [0.25, 0.3) is 5.91 Å². The molecule has 1 fully saturated rings. The summed E-state index contributed by atoms with van der Waals surface area (Å²) in [5.41, 5.74) is 5.52. The molecular formula is C13H14ClFN2OS. The standard InChI is InChI=1S/C13H14ClFN2OS/c14-8-4-2-5-9(15)11(8)13(18)17-10-6-1-3-7(10)12(16)19/h2,4-5,7,10H,1,3,6H2,(H2,16,19)(H,17,18). The lowest BCUT2D eigenvalue weighted by atomic mass is 10.0. The Bertz CT molecular complexity index is 503. The van der Waals surface area contributed by atoms with E-state index in [1.165, 1.54) is 18.2 Å². The third kappa shape index (κ3) is 3.04. The van der Waals surface area contributed by atoms with Gasteiger partial charge in [-0.05, 0) is 25.0 Å². The molecule has 0 spiro atoms. The maximum atomic E-state index is 13.6. The SMILES string of the molecule is NC(=S)C1CCCC1NC(=O)c1c(F)cccc1Cl. The van der Waals surface area contributed by atoms with Crippen molar-refractivity contribution in [1.82, 2.24) is 5.32 Å². The van der Waals surface area contributed by atoms with Crippen molar-refractivity contribution in [1.29, 1.82) is 0 Å². The van der Waals surface area contributed by atoms with E-state index in [2.05, 4.69) is 5.32 Å². The molecule has 102 valence electrons. The lowest BCUT2D eigenvalue weighted by Gasteiger charge is -2.20. The van der Waals surface area contributed by atoms with Gasteiger partial charge in [0.1, 0.15) is 5.82 Å². The van der Waals surface area contributed by atoms with Gasteiger partial charge in [-0.1, -0.05) is 36.3 Å². The highest BCUT2D eigenvalue weighted by atomic mass is 35.5. The minimum atomic E-state index is -0.630. The molecule has 1 aromatic rings. The molecular weight excluding hydrogens is 287 g/mol. The topological polar surface area (TPSA) is 55.1 Å². The lowest BCUT2D eigenvalue weighted by Crippen LogP contribution is -2.42. The van der Waals surface area contributed by atoms with E-state index in [-0.39, 0.29) is 22.5 Å². The van der Waals surface area contributed by atoms with E-state index in [4.69, 9.17) is 29.6 Å². The van der Waals surface area contributed by atoms with Gasteiger partial charge in [0.15, 0.2) is 0 Å². The molecule has 2 unspecified atom stereocenters. The van der Waals surface area contributed by atoms with Crippen LogP contribution in [0.3, 0.4) is 0 Å². The van der Waals surface area contributed by atoms with Crippen LogP contribution in [0.25, 0.3) is 0 Å². The second kappa shape index (κ2) is 5.84. The summed E-state index contributed by atoms with van der Waals surface area (Å²) in [7, 11) is 0. The van der Waals surface area contributed by atoms with Crippen molar-refractivity contribution in [3.63, 3.8) is 0 Å². The maximum absolute atomic E-state index is 13.6. The number of hydrogen-bond donors (Lipinski definition) is 2. The summed E-state index contributed by atoms with van der Waals surface area (Å²) >= 11 is 10.8. The van der Waals surface area contributed by atoms with Crippen molar-refractivity contribution in [2.24, 2.45) is 11.7 Å². The zero-order valence-electron chi connectivity index (χ0n) is 10.2. The fourth-order valence-corrected chi connectivity index (χ4v) is 2.96. The average molecular weight is 301 g/mol. The van der Waals surface area contributed by atoms with E-state index < -0.39 is 11.7 Å². The lowest BCUT2D eigenvalue weighted by molar-refractivity contribution is 0.0930. The molecule has 3 nitrogen and oxygen atoms in total. The van der Waals surface area contributed by atoms with Gasteiger partial charge >= 0.3 is 0 Å². The van der Waals surface area contributed by atoms with Crippen LogP contribution in [0.4, 0.5) is 4.39 Å². The van der Waals surface area contributed by atoms with Gasteiger partial charge in [-0.15, -0.1) is 0 Å². The molecule has 3 N–H and O–H groups in total. The quantitative estimate of drug-likeness (QED) is 0.844. The predicted octanol–water partition coefficient (Wildman–Crippen LogP) is 2.66. The number of benzene rings is 1. The first-order valence-corrected chi connectivity index (χ1v) is 6.83. The predicted molar refractivity (Wildman–Crippen MR) is 76.8 cm³/mol. The van der Waals surface area contributed by atoms with E-state index >= 15 is 0 Å². The molecule has 1 amide bonds. The Hall–Kier alpha value is -1.20. The van der Waals surface area contributed by atoms with Crippen LogP contribution in [0.1, 0.15) is 29.6 Å². The third-order valence-corrected chi connectivity index (χ3v) is 4.01. The monoisotopic (exact) mass is 300 g/mol. The Morgan fingerprint density at radius 3 is 2.84 bits per heavy atom. The first kappa shape index (κ1) is 14.2. The Balaban J connectivity index is 2.15. The van der Waals surface area contributed by atoms with Crippen molar-refractivity contribution >= 4 is 34.7 Å². The van der Waals surface area contributed by atoms with Gasteiger partial charge in [-0.25, -0.2) is 4.39 Å². The van der Waals surface area contributed by atoms with Crippen LogP contribution < -0.4 is 11.1 Å². The average Bonchev–Trinajstić information content (AvgIpc) is 2.76. The fourth-order valence-electron chi connectivity index (χ4n) is 2.43. The van der Waals surface area contributed by atoms with Gasteiger partial charge in [-0.3, -0.25) is 4.79 Å². The van der Waals surface area contributed by atoms with Gasteiger partial charge < -0.3 is 11.1 Å². The molecule has 1 aromatic carbocycles. The largest absolute Gasteiger partial charge is 0.393 e. The molecule has 2 rings (SSSR count). The molecule has 6 heteroatoms. The highest BCUT2D eigenvalue weighted by molar-refractivity contribution is 7.80. The first-order chi connectivity index (χ1) is 9.00. The van der Waals surface area contributed by atoms with E-state index in [0.29, 0.717) is 4.99 Å². The Morgan fingerprint density at radius 1 is 1.47 bits per heavy atom. The summed E-state index contributed by atoms with van der Waals surface area (Å²) in [4.78, 5) is 12.5. The fraction of sp³-hybridized carbons (Fsp3) is 0.385. The van der Waals surface area contributed by atoms with Gasteiger partial charge in [-0.2, -0.15) is 0 Å². The van der Waals surface area contributed by atoms with Gasteiger partial charge in [0.05, 0.1) is 15.6 Å². The van der Waals surface area contributed by atoms with Crippen LogP contribution >= 0.6 is 23.8 Å². The minimum Gasteiger partial charge on any atom is -0.393 e. The summed E-state index contributed by atoms with van der Waals surface area (Å²) in [5.74, 6) is -1.17. The molecule has 1 aliphatic rings. The van der Waals surface area contributed by atoms with E-state index in [1.807, 2.05) is 0 Å². The Kier molecular flexibility index (Phi) is 4.37. The molecule has 0 radical (unpaired) electrons. The molecule has 2 atom stereocenters. The normalized spacial score (nSPS) is 22.2. The van der Waals surface area contributed by atoms with Crippen molar-refractivity contribution in [2.45, 2.75) is 25.3 Å². The Morgan fingerprint density at radius 2 is 2.21 bits per heavy atom. The minimum absolute atomic E-state index is 0.0236. The third-order valence-electron chi connectivity index (χ3n) is 3.39. The number of carbonyl (C=O) groups is 1. The van der Waals surface area contributed by atoms with Crippen LogP contribution in [0.5, 0.6) is 0 Å². The summed E-state index contributed by atoms with van der Waals surface area (Å²) in [6.45, 7) is 0. The summed E-state index contributed by atoms with van der Waals surface area (Å²) < 4.78 is 13.6. The van der Waals surface area contributed by atoms with Crippen molar-refractivity contribution in [3.8, 4) is 0 Å². The van der Waals surface area contributed by atoms with Crippen LogP contribution in [0.15, 0.2) is 18.2 Å². The summed E-state index contributed by atoms with van der Waals surface area (Å²) in [6, 6.07) is 4.02. The molecule has 0 saturated heterocycles. The summed E-state index contributed by atoms with van der Waals surface area (Å²) in [5, 5.41) is 2.88. The maximum Gasteiger partial charge on any atom is 0.256 e. The van der Waals surface area contributed by atoms with Crippen LogP contribution in [0.2, 0.25) is 5.02 Å². The van der Waals surface area contributed by atoms with E-state index in [1.54, 1.807) is 0 Å². The van der Waals surface area contributed by atoms with Crippen LogP contribution in [-0.4, -0.2) is 16.9 Å². The molecule has 1 saturated carbocycles. The molecule has 0 aromatic heterocycles. The second-order valence-electron chi connectivity index (χ2n) is 4.62. The Labute approximate surface area is 121 Å². The van der Waals surface area contributed by atoms with Gasteiger partial charge in [0.2, 0.25) is 0 Å². The van der Waals surface area contributed by atoms with Crippen molar-refractivity contribution < 1.29 is 9.18 Å². The zero-order chi connectivity index (χ0) is 14.0. The van der Waals surface area contributed by atoms with Crippen molar-refractivity contribution in [2.75, 3.05) is 0 Å². The van der Waals surface area contributed by atoms with E-state index in [9.17, 15) is 9.18 Å². The summed E-state index contributed by atoms with van der Waals surface area (Å²) in [6.07, 6.45) is 2.59. The van der Waals surface area contributed by atoms with E-state index in [0.717, 1.165) is 19.3 Å². The number of carbonyl (C=O) groups excluding carboxylic acids is 1. The number of halogens is 2. The molecule has 0 heterocycles. The number of thiocarbonyl (C=S) groups is 1. The molecule has 1 aliphatic carbocycles. The molecule has 19 heavy (non-hydrogen) atoms. The molecule has 0 bridgehead atoms. The number of nitrogens with one attached hydrogen (secondary N) is 1. The smallest absolute Gasteiger partial charge is 0.256 e. The second-order valence-corrected chi connectivity index (χ2v) is 5.49. The highest BCUT2D eigenvalue weighted by Crippen LogP contribution is 2.27. The van der Waals surface area contributed by atoms with Crippen LogP contribution in [0, 0.1) is 11.7 Å². The molecule has 0 aliphatic heterocycles. The van der Waals surface area contributed by atoms with Crippen molar-refractivity contribution in [3.05, 3.63) is 34.6 Å². The van der Waals surface area contributed by atoms with Crippen LogP contribution in [-0.2, 0) is 0 Å². The highest BCUT2D eigenvalue weighted by Gasteiger charge is 2.31.